The minimum absolute atomic E-state index is 0.0263. The fraction of sp³-hybridized carbons (Fsp3) is 0.632. The number of hydrogen-bond donors (Lipinski definition) is 1. The van der Waals surface area contributed by atoms with Crippen molar-refractivity contribution in [3.05, 3.63) is 32.4 Å². The molecule has 0 aromatic heterocycles. The molecule has 0 aliphatic heterocycles. The predicted molar refractivity (Wildman–Crippen MR) is 108 cm³/mol. The zero-order valence-corrected chi connectivity index (χ0v) is 16.5. The van der Waals surface area contributed by atoms with Crippen molar-refractivity contribution >= 4 is 28.7 Å². The third-order valence-corrected chi connectivity index (χ3v) is 5.05. The second-order valence-corrected chi connectivity index (χ2v) is 7.18. The molecule has 1 amide bonds. The van der Waals surface area contributed by atoms with Crippen LogP contribution in [0.15, 0.2) is 12.1 Å². The SMILES string of the molecule is CCCN(CCC)c1cc(NC(=O)C2CCCCC2)c([N+](=O)[O-])cc1[N+](=O)[O-]. The maximum Gasteiger partial charge on any atom is 0.299 e. The molecular formula is C19H28N4O5. The molecular weight excluding hydrogens is 364 g/mol. The summed E-state index contributed by atoms with van der Waals surface area (Å²) < 4.78 is 0. The Labute approximate surface area is 164 Å². The number of nitro benzene ring substituents is 2. The fourth-order valence-corrected chi connectivity index (χ4v) is 3.71. The molecule has 0 saturated heterocycles. The van der Waals surface area contributed by atoms with E-state index in [0.29, 0.717) is 18.8 Å². The fourth-order valence-electron chi connectivity index (χ4n) is 3.71. The molecule has 0 unspecified atom stereocenters. The van der Waals surface area contributed by atoms with E-state index >= 15 is 0 Å². The van der Waals surface area contributed by atoms with Crippen LogP contribution in [0.2, 0.25) is 0 Å². The Morgan fingerprint density at radius 1 is 1.04 bits per heavy atom. The van der Waals surface area contributed by atoms with Crippen molar-refractivity contribution in [1.82, 2.24) is 0 Å². The molecule has 0 atom stereocenters. The standard InChI is InChI=1S/C19H28N4O5/c1-3-10-21(11-4-2)17-12-15(16(22(25)26)13-18(17)23(27)28)20-19(24)14-8-6-5-7-9-14/h12-14H,3-11H2,1-2H3,(H,20,24). The Hall–Kier alpha value is -2.71. The maximum atomic E-state index is 12.6. The van der Waals surface area contributed by atoms with Crippen LogP contribution in [0.5, 0.6) is 0 Å². The van der Waals surface area contributed by atoms with E-state index < -0.39 is 15.5 Å². The molecule has 0 spiro atoms. The van der Waals surface area contributed by atoms with Gasteiger partial charge in [-0.15, -0.1) is 0 Å². The summed E-state index contributed by atoms with van der Waals surface area (Å²) in [5, 5.41) is 25.7. The largest absolute Gasteiger partial charge is 0.366 e. The first-order valence-electron chi connectivity index (χ1n) is 9.91. The second kappa shape index (κ2) is 10.0. The molecule has 0 bridgehead atoms. The van der Waals surface area contributed by atoms with Crippen molar-refractivity contribution in [3.63, 3.8) is 0 Å². The molecule has 1 saturated carbocycles. The molecule has 0 heterocycles. The molecule has 1 aromatic rings. The summed E-state index contributed by atoms with van der Waals surface area (Å²) in [5.41, 5.74) is -0.437. The molecule has 1 N–H and O–H groups in total. The van der Waals surface area contributed by atoms with Gasteiger partial charge in [-0.05, 0) is 31.7 Å². The summed E-state index contributed by atoms with van der Waals surface area (Å²) in [7, 11) is 0. The summed E-state index contributed by atoms with van der Waals surface area (Å²) >= 11 is 0. The molecule has 1 fully saturated rings. The number of nitro groups is 2. The van der Waals surface area contributed by atoms with Crippen LogP contribution >= 0.6 is 0 Å². The summed E-state index contributed by atoms with van der Waals surface area (Å²) in [4.78, 5) is 36.2. The van der Waals surface area contributed by atoms with Crippen molar-refractivity contribution in [1.29, 1.82) is 0 Å². The third kappa shape index (κ3) is 5.17. The summed E-state index contributed by atoms with van der Waals surface area (Å²) in [6.45, 7) is 5.10. The highest BCUT2D eigenvalue weighted by molar-refractivity contribution is 5.96. The number of anilines is 2. The average Bonchev–Trinajstić information content (AvgIpc) is 2.67. The van der Waals surface area contributed by atoms with E-state index in [1.165, 1.54) is 6.07 Å². The van der Waals surface area contributed by atoms with E-state index in [4.69, 9.17) is 0 Å². The number of hydrogen-bond acceptors (Lipinski definition) is 6. The van der Waals surface area contributed by atoms with Crippen LogP contribution in [0, 0.1) is 26.1 Å². The Morgan fingerprint density at radius 2 is 1.61 bits per heavy atom. The van der Waals surface area contributed by atoms with Gasteiger partial charge in [0.2, 0.25) is 5.91 Å². The predicted octanol–water partition coefficient (Wildman–Crippen LogP) is 4.65. The van der Waals surface area contributed by atoms with Gasteiger partial charge in [-0.1, -0.05) is 33.1 Å². The number of carbonyl (C=O) groups excluding carboxylic acids is 1. The third-order valence-electron chi connectivity index (χ3n) is 5.05. The Morgan fingerprint density at radius 3 is 2.11 bits per heavy atom. The number of nitrogens with zero attached hydrogens (tertiary/aromatic N) is 3. The number of rotatable bonds is 9. The molecule has 9 nitrogen and oxygen atoms in total. The van der Waals surface area contributed by atoms with Gasteiger partial charge in [0.25, 0.3) is 11.4 Å². The Bertz CT molecular complexity index is 725. The van der Waals surface area contributed by atoms with Crippen LogP contribution in [0.4, 0.5) is 22.7 Å². The lowest BCUT2D eigenvalue weighted by Gasteiger charge is -2.25. The van der Waals surface area contributed by atoms with Crippen molar-refractivity contribution in [2.75, 3.05) is 23.3 Å². The molecule has 154 valence electrons. The van der Waals surface area contributed by atoms with E-state index in [2.05, 4.69) is 5.32 Å². The molecule has 0 radical (unpaired) electrons. The minimum atomic E-state index is -0.683. The van der Waals surface area contributed by atoms with Crippen molar-refractivity contribution in [3.8, 4) is 0 Å². The zero-order valence-electron chi connectivity index (χ0n) is 16.5. The normalized spacial score (nSPS) is 14.5. The number of amides is 1. The van der Waals surface area contributed by atoms with Gasteiger partial charge in [-0.25, -0.2) is 0 Å². The minimum Gasteiger partial charge on any atom is -0.366 e. The molecule has 1 aliphatic carbocycles. The number of benzene rings is 1. The quantitative estimate of drug-likeness (QED) is 0.483. The van der Waals surface area contributed by atoms with Gasteiger partial charge in [0.1, 0.15) is 11.4 Å². The lowest BCUT2D eigenvalue weighted by molar-refractivity contribution is -0.393. The lowest BCUT2D eigenvalue weighted by atomic mass is 9.88. The van der Waals surface area contributed by atoms with Gasteiger partial charge < -0.3 is 10.2 Å². The first-order chi connectivity index (χ1) is 13.4. The van der Waals surface area contributed by atoms with Crippen LogP contribution in [-0.2, 0) is 4.79 Å². The average molecular weight is 392 g/mol. The summed E-state index contributed by atoms with van der Waals surface area (Å²) in [5.74, 6) is -0.422. The van der Waals surface area contributed by atoms with E-state index in [0.717, 1.165) is 51.0 Å². The van der Waals surface area contributed by atoms with Crippen molar-refractivity contribution in [2.24, 2.45) is 5.92 Å². The highest BCUT2D eigenvalue weighted by atomic mass is 16.6. The van der Waals surface area contributed by atoms with Crippen LogP contribution in [-0.4, -0.2) is 28.8 Å². The van der Waals surface area contributed by atoms with E-state index in [1.54, 1.807) is 0 Å². The van der Waals surface area contributed by atoms with Crippen LogP contribution < -0.4 is 10.2 Å². The van der Waals surface area contributed by atoms with Crippen molar-refractivity contribution < 1.29 is 14.6 Å². The first kappa shape index (κ1) is 21.6. The highest BCUT2D eigenvalue weighted by Gasteiger charge is 2.29. The second-order valence-electron chi connectivity index (χ2n) is 7.18. The van der Waals surface area contributed by atoms with Gasteiger partial charge in [0.15, 0.2) is 0 Å². The smallest absolute Gasteiger partial charge is 0.299 e. The molecule has 1 aliphatic rings. The highest BCUT2D eigenvalue weighted by Crippen LogP contribution is 2.39. The lowest BCUT2D eigenvalue weighted by Crippen LogP contribution is -2.27. The van der Waals surface area contributed by atoms with Gasteiger partial charge in [0.05, 0.1) is 15.9 Å². The number of nitrogens with one attached hydrogen (secondary N) is 1. The molecule has 2 rings (SSSR count). The molecule has 28 heavy (non-hydrogen) atoms. The monoisotopic (exact) mass is 392 g/mol. The summed E-state index contributed by atoms with van der Waals surface area (Å²) in [6, 6.07) is 2.35. The van der Waals surface area contributed by atoms with Gasteiger partial charge in [-0.2, -0.15) is 0 Å². The Balaban J connectivity index is 2.46. The van der Waals surface area contributed by atoms with Crippen LogP contribution in [0.3, 0.4) is 0 Å². The van der Waals surface area contributed by atoms with Crippen LogP contribution in [0.25, 0.3) is 0 Å². The zero-order chi connectivity index (χ0) is 20.7. The van der Waals surface area contributed by atoms with E-state index in [1.807, 2.05) is 18.7 Å². The van der Waals surface area contributed by atoms with Gasteiger partial charge >= 0.3 is 0 Å². The van der Waals surface area contributed by atoms with Crippen molar-refractivity contribution in [2.45, 2.75) is 58.8 Å². The number of carbonyl (C=O) groups is 1. The molecule has 9 heteroatoms. The topological polar surface area (TPSA) is 119 Å². The van der Waals surface area contributed by atoms with E-state index in [-0.39, 0.29) is 23.2 Å². The van der Waals surface area contributed by atoms with Crippen LogP contribution in [0.1, 0.15) is 58.8 Å². The van der Waals surface area contributed by atoms with Gasteiger partial charge in [0, 0.05) is 19.0 Å². The maximum absolute atomic E-state index is 12.6. The summed E-state index contributed by atoms with van der Waals surface area (Å²) in [6.07, 6.45) is 6.10. The Kier molecular flexibility index (Phi) is 7.71. The molecule has 1 aromatic carbocycles. The van der Waals surface area contributed by atoms with Gasteiger partial charge in [-0.3, -0.25) is 25.0 Å². The van der Waals surface area contributed by atoms with E-state index in [9.17, 15) is 25.0 Å². The first-order valence-corrected chi connectivity index (χ1v) is 9.91.